The first kappa shape index (κ1) is 15.6. The van der Waals surface area contributed by atoms with Gasteiger partial charge in [-0.1, -0.05) is 26.7 Å². The number of nitrogens with two attached hydrogens (primary N) is 1. The molecule has 3 nitrogen and oxygen atoms in total. The molecule has 1 atom stereocenters. The minimum atomic E-state index is -1.03. The number of hydrogen-bond donors (Lipinski definition) is 2. The molecule has 0 aliphatic rings. The van der Waals surface area contributed by atoms with Gasteiger partial charge in [-0.2, -0.15) is 0 Å². The van der Waals surface area contributed by atoms with Crippen molar-refractivity contribution in [2.75, 3.05) is 6.54 Å². The van der Waals surface area contributed by atoms with E-state index in [2.05, 4.69) is 5.32 Å². The first-order valence-corrected chi connectivity index (χ1v) is 6.48. The Morgan fingerprint density at radius 3 is 2.42 bits per heavy atom. The molecule has 1 aromatic rings. The molecular formula is C14H20F2N2O. The molecule has 0 saturated heterocycles. The van der Waals surface area contributed by atoms with E-state index in [0.29, 0.717) is 12.5 Å². The fourth-order valence-electron chi connectivity index (χ4n) is 2.01. The van der Waals surface area contributed by atoms with Crippen LogP contribution in [0.1, 0.15) is 37.0 Å². The van der Waals surface area contributed by atoms with Crippen LogP contribution in [0.4, 0.5) is 8.78 Å². The highest BCUT2D eigenvalue weighted by Gasteiger charge is 2.16. The Morgan fingerprint density at radius 2 is 1.89 bits per heavy atom. The van der Waals surface area contributed by atoms with E-state index < -0.39 is 17.5 Å². The monoisotopic (exact) mass is 270 g/mol. The molecular weight excluding hydrogens is 250 g/mol. The Morgan fingerprint density at radius 1 is 1.26 bits per heavy atom. The van der Waals surface area contributed by atoms with Crippen molar-refractivity contribution in [3.8, 4) is 0 Å². The molecule has 19 heavy (non-hydrogen) atoms. The maximum absolute atomic E-state index is 13.0. The van der Waals surface area contributed by atoms with Crippen molar-refractivity contribution in [3.63, 3.8) is 0 Å². The molecule has 5 heteroatoms. The maximum atomic E-state index is 13.0. The number of nitrogens with one attached hydrogen (secondary N) is 1. The van der Waals surface area contributed by atoms with Crippen molar-refractivity contribution >= 4 is 5.91 Å². The van der Waals surface area contributed by atoms with Crippen molar-refractivity contribution < 1.29 is 13.6 Å². The summed E-state index contributed by atoms with van der Waals surface area (Å²) in [4.78, 5) is 11.8. The zero-order chi connectivity index (χ0) is 14.4. The number of amides is 1. The van der Waals surface area contributed by atoms with Gasteiger partial charge in [0, 0.05) is 18.2 Å². The van der Waals surface area contributed by atoms with Crippen molar-refractivity contribution in [2.45, 2.75) is 32.7 Å². The van der Waals surface area contributed by atoms with Gasteiger partial charge in [-0.3, -0.25) is 4.79 Å². The van der Waals surface area contributed by atoms with Gasteiger partial charge < -0.3 is 11.1 Å². The molecule has 0 fully saturated rings. The second-order valence-corrected chi connectivity index (χ2v) is 4.58. The first-order chi connectivity index (χ1) is 8.99. The highest BCUT2D eigenvalue weighted by molar-refractivity contribution is 5.94. The molecule has 0 aromatic heterocycles. The van der Waals surface area contributed by atoms with Crippen LogP contribution in [-0.4, -0.2) is 18.5 Å². The van der Waals surface area contributed by atoms with Gasteiger partial charge in [0.1, 0.15) is 0 Å². The van der Waals surface area contributed by atoms with Crippen LogP contribution in [0.2, 0.25) is 0 Å². The Kier molecular flexibility index (Phi) is 5.89. The third-order valence-electron chi connectivity index (χ3n) is 3.33. The number of carbonyl (C=O) groups is 1. The summed E-state index contributed by atoms with van der Waals surface area (Å²) >= 11 is 0. The molecule has 3 N–H and O–H groups in total. The summed E-state index contributed by atoms with van der Waals surface area (Å²) in [5, 5.41) is 2.64. The van der Waals surface area contributed by atoms with Crippen LogP contribution in [0.15, 0.2) is 18.2 Å². The third-order valence-corrected chi connectivity index (χ3v) is 3.33. The van der Waals surface area contributed by atoms with Crippen LogP contribution in [0.3, 0.4) is 0 Å². The quantitative estimate of drug-likeness (QED) is 0.834. The molecule has 1 aromatic carbocycles. The second-order valence-electron chi connectivity index (χ2n) is 4.58. The number of hydrogen-bond acceptors (Lipinski definition) is 2. The molecule has 0 radical (unpaired) electrons. The van der Waals surface area contributed by atoms with Crippen LogP contribution in [-0.2, 0) is 0 Å². The fourth-order valence-corrected chi connectivity index (χ4v) is 2.01. The second kappa shape index (κ2) is 7.19. The lowest BCUT2D eigenvalue weighted by Gasteiger charge is -2.21. The van der Waals surface area contributed by atoms with Gasteiger partial charge in [-0.15, -0.1) is 0 Å². The highest BCUT2D eigenvalue weighted by atomic mass is 19.2. The average Bonchev–Trinajstić information content (AvgIpc) is 2.40. The summed E-state index contributed by atoms with van der Waals surface area (Å²) in [6, 6.07) is 2.93. The van der Waals surface area contributed by atoms with E-state index in [1.54, 1.807) is 0 Å². The molecule has 1 unspecified atom stereocenters. The smallest absolute Gasteiger partial charge is 0.251 e. The van der Waals surface area contributed by atoms with Crippen molar-refractivity contribution in [3.05, 3.63) is 35.4 Å². The van der Waals surface area contributed by atoms with Crippen LogP contribution < -0.4 is 11.1 Å². The van der Waals surface area contributed by atoms with Gasteiger partial charge >= 0.3 is 0 Å². The lowest BCUT2D eigenvalue weighted by Crippen LogP contribution is -2.41. The van der Waals surface area contributed by atoms with Gasteiger partial charge in [-0.05, 0) is 24.1 Å². The predicted molar refractivity (Wildman–Crippen MR) is 70.7 cm³/mol. The minimum Gasteiger partial charge on any atom is -0.350 e. The predicted octanol–water partition coefficient (Wildman–Crippen LogP) is 2.46. The Bertz CT molecular complexity index is 433. The van der Waals surface area contributed by atoms with Gasteiger partial charge in [0.2, 0.25) is 0 Å². The zero-order valence-electron chi connectivity index (χ0n) is 11.2. The van der Waals surface area contributed by atoms with Crippen LogP contribution >= 0.6 is 0 Å². The SMILES string of the molecule is CCC(CC)C(N)CNC(=O)c1ccc(F)c(F)c1. The minimum absolute atomic E-state index is 0.0932. The van der Waals surface area contributed by atoms with Crippen molar-refractivity contribution in [1.29, 1.82) is 0 Å². The van der Waals surface area contributed by atoms with Crippen LogP contribution in [0.5, 0.6) is 0 Å². The molecule has 1 amide bonds. The fraction of sp³-hybridized carbons (Fsp3) is 0.500. The van der Waals surface area contributed by atoms with Crippen LogP contribution in [0.25, 0.3) is 0 Å². The van der Waals surface area contributed by atoms with E-state index >= 15 is 0 Å². The number of halogens is 2. The molecule has 106 valence electrons. The van der Waals surface area contributed by atoms with Gasteiger partial charge in [-0.25, -0.2) is 8.78 Å². The molecule has 0 aliphatic heterocycles. The summed E-state index contributed by atoms with van der Waals surface area (Å²) in [7, 11) is 0. The molecule has 1 rings (SSSR count). The number of carbonyl (C=O) groups excluding carboxylic acids is 1. The highest BCUT2D eigenvalue weighted by Crippen LogP contribution is 2.11. The van der Waals surface area contributed by atoms with Gasteiger partial charge in [0.15, 0.2) is 11.6 Å². The topological polar surface area (TPSA) is 55.1 Å². The maximum Gasteiger partial charge on any atom is 0.251 e. The summed E-state index contributed by atoms with van der Waals surface area (Å²) in [5.74, 6) is -2.10. The largest absolute Gasteiger partial charge is 0.350 e. The van der Waals surface area contributed by atoms with E-state index in [9.17, 15) is 13.6 Å². The molecule has 0 bridgehead atoms. The summed E-state index contributed by atoms with van der Waals surface area (Å²) < 4.78 is 25.7. The van der Waals surface area contributed by atoms with Gasteiger partial charge in [0.05, 0.1) is 0 Å². The Labute approximate surface area is 112 Å². The van der Waals surface area contributed by atoms with Crippen LogP contribution in [0, 0.1) is 17.6 Å². The Balaban J connectivity index is 2.58. The normalized spacial score (nSPS) is 12.5. The van der Waals surface area contributed by atoms with E-state index in [1.807, 2.05) is 13.8 Å². The Hall–Kier alpha value is -1.49. The first-order valence-electron chi connectivity index (χ1n) is 6.48. The molecule has 0 saturated carbocycles. The van der Waals surface area contributed by atoms with E-state index in [0.717, 1.165) is 25.0 Å². The van der Waals surface area contributed by atoms with E-state index in [4.69, 9.17) is 5.73 Å². The summed E-state index contributed by atoms with van der Waals surface area (Å²) in [5.41, 5.74) is 6.06. The van der Waals surface area contributed by atoms with E-state index in [1.165, 1.54) is 6.07 Å². The molecule has 0 spiro atoms. The van der Waals surface area contributed by atoms with Gasteiger partial charge in [0.25, 0.3) is 5.91 Å². The van der Waals surface area contributed by atoms with Crippen molar-refractivity contribution in [1.82, 2.24) is 5.32 Å². The average molecular weight is 270 g/mol. The number of benzene rings is 1. The summed E-state index contributed by atoms with van der Waals surface area (Å²) in [6.45, 7) is 4.42. The lowest BCUT2D eigenvalue weighted by atomic mass is 9.95. The third kappa shape index (κ3) is 4.28. The summed E-state index contributed by atoms with van der Waals surface area (Å²) in [6.07, 6.45) is 1.89. The lowest BCUT2D eigenvalue weighted by molar-refractivity contribution is 0.0947. The standard InChI is InChI=1S/C14H20F2N2O/c1-3-9(4-2)13(17)8-18-14(19)10-5-6-11(15)12(16)7-10/h5-7,9,13H,3-4,8,17H2,1-2H3,(H,18,19). The number of rotatable bonds is 6. The van der Waals surface area contributed by atoms with Crippen molar-refractivity contribution in [2.24, 2.45) is 11.7 Å². The zero-order valence-corrected chi connectivity index (χ0v) is 11.2. The van der Waals surface area contributed by atoms with E-state index in [-0.39, 0.29) is 11.6 Å². The molecule has 0 heterocycles. The molecule has 0 aliphatic carbocycles.